The summed E-state index contributed by atoms with van der Waals surface area (Å²) < 4.78 is 11.3. The second kappa shape index (κ2) is 11.9. The van der Waals surface area contributed by atoms with Gasteiger partial charge in [0.25, 0.3) is 0 Å². The van der Waals surface area contributed by atoms with Crippen molar-refractivity contribution in [1.29, 1.82) is 0 Å². The lowest BCUT2D eigenvalue weighted by Crippen LogP contribution is -2.07. The molecule has 0 saturated heterocycles. The third-order valence-corrected chi connectivity index (χ3v) is 5.43. The molecule has 0 fully saturated rings. The number of nitrogens with zero attached hydrogens (tertiary/aromatic N) is 1. The van der Waals surface area contributed by atoms with Crippen LogP contribution < -0.4 is 14.8 Å². The van der Waals surface area contributed by atoms with Gasteiger partial charge >= 0.3 is 0 Å². The summed E-state index contributed by atoms with van der Waals surface area (Å²) in [6, 6.07) is 15.5. The fourth-order valence-corrected chi connectivity index (χ4v) is 3.73. The quantitative estimate of drug-likeness (QED) is 0.278. The molecule has 0 spiro atoms. The SMILES string of the molecule is CCCCCCOc1ccc(C=CC(=O)Nc2nc(-c3ccccc3)cs2)cc1OC. The average molecular weight is 437 g/mol. The van der Waals surface area contributed by atoms with E-state index in [0.717, 1.165) is 29.0 Å². The summed E-state index contributed by atoms with van der Waals surface area (Å²) in [4.78, 5) is 16.8. The van der Waals surface area contributed by atoms with Crippen molar-refractivity contribution in [2.75, 3.05) is 19.0 Å². The summed E-state index contributed by atoms with van der Waals surface area (Å²) in [5.74, 6) is 1.14. The van der Waals surface area contributed by atoms with E-state index in [1.165, 1.54) is 36.7 Å². The number of thiazole rings is 1. The Morgan fingerprint density at radius 3 is 2.71 bits per heavy atom. The monoisotopic (exact) mass is 436 g/mol. The number of benzene rings is 2. The first-order valence-electron chi connectivity index (χ1n) is 10.5. The van der Waals surface area contributed by atoms with Gasteiger partial charge in [0.05, 0.1) is 19.4 Å². The third-order valence-electron chi connectivity index (χ3n) is 4.67. The van der Waals surface area contributed by atoms with E-state index < -0.39 is 0 Å². The molecule has 1 amide bonds. The van der Waals surface area contributed by atoms with Crippen molar-refractivity contribution < 1.29 is 14.3 Å². The van der Waals surface area contributed by atoms with Gasteiger partial charge in [0.1, 0.15) is 0 Å². The lowest BCUT2D eigenvalue weighted by Gasteiger charge is -2.11. The Balaban J connectivity index is 1.56. The molecule has 0 radical (unpaired) electrons. The van der Waals surface area contributed by atoms with Crippen LogP contribution in [0.5, 0.6) is 11.5 Å². The van der Waals surface area contributed by atoms with Gasteiger partial charge in [-0.15, -0.1) is 11.3 Å². The number of aromatic nitrogens is 1. The smallest absolute Gasteiger partial charge is 0.250 e. The summed E-state index contributed by atoms with van der Waals surface area (Å²) in [7, 11) is 1.62. The Kier molecular flexibility index (Phi) is 8.67. The molecule has 3 aromatic rings. The minimum absolute atomic E-state index is 0.232. The van der Waals surface area contributed by atoms with Crippen LogP contribution in [0.1, 0.15) is 38.2 Å². The van der Waals surface area contributed by atoms with Gasteiger partial charge in [-0.05, 0) is 30.2 Å². The number of anilines is 1. The molecule has 1 heterocycles. The fraction of sp³-hybridized carbons (Fsp3) is 0.280. The zero-order chi connectivity index (χ0) is 21.9. The normalized spacial score (nSPS) is 10.9. The van der Waals surface area contributed by atoms with Gasteiger partial charge in [0.2, 0.25) is 5.91 Å². The summed E-state index contributed by atoms with van der Waals surface area (Å²) >= 11 is 1.40. The highest BCUT2D eigenvalue weighted by Gasteiger charge is 2.07. The van der Waals surface area contributed by atoms with Gasteiger partial charge in [-0.1, -0.05) is 62.6 Å². The van der Waals surface area contributed by atoms with Crippen molar-refractivity contribution in [2.45, 2.75) is 32.6 Å². The summed E-state index contributed by atoms with van der Waals surface area (Å²) in [6.45, 7) is 2.86. The first-order chi connectivity index (χ1) is 15.2. The molecule has 0 aliphatic heterocycles. The van der Waals surface area contributed by atoms with E-state index in [9.17, 15) is 4.79 Å². The molecule has 3 rings (SSSR count). The Labute approximate surface area is 187 Å². The zero-order valence-corrected chi connectivity index (χ0v) is 18.8. The summed E-state index contributed by atoms with van der Waals surface area (Å²) in [5.41, 5.74) is 2.73. The van der Waals surface area contributed by atoms with E-state index in [1.807, 2.05) is 53.9 Å². The lowest BCUT2D eigenvalue weighted by atomic mass is 10.2. The van der Waals surface area contributed by atoms with Crippen molar-refractivity contribution in [3.05, 3.63) is 65.6 Å². The van der Waals surface area contributed by atoms with Crippen molar-refractivity contribution in [3.63, 3.8) is 0 Å². The number of unbranched alkanes of at least 4 members (excludes halogenated alkanes) is 3. The van der Waals surface area contributed by atoms with Gasteiger partial charge < -0.3 is 9.47 Å². The fourth-order valence-electron chi connectivity index (χ4n) is 3.01. The first kappa shape index (κ1) is 22.6. The number of ether oxygens (including phenoxy) is 2. The third kappa shape index (κ3) is 6.96. The van der Waals surface area contributed by atoms with Crippen LogP contribution in [0.4, 0.5) is 5.13 Å². The zero-order valence-electron chi connectivity index (χ0n) is 18.0. The molecular formula is C25H28N2O3S. The van der Waals surface area contributed by atoms with Gasteiger partial charge in [0, 0.05) is 17.0 Å². The molecular weight excluding hydrogens is 408 g/mol. The predicted molar refractivity (Wildman–Crippen MR) is 128 cm³/mol. The minimum atomic E-state index is -0.232. The van der Waals surface area contributed by atoms with Crippen LogP contribution in [0, 0.1) is 0 Å². The maximum Gasteiger partial charge on any atom is 0.250 e. The highest BCUT2D eigenvalue weighted by atomic mass is 32.1. The van der Waals surface area contributed by atoms with Crippen molar-refractivity contribution >= 4 is 28.5 Å². The van der Waals surface area contributed by atoms with Gasteiger partial charge in [0.15, 0.2) is 16.6 Å². The molecule has 0 bridgehead atoms. The highest BCUT2D eigenvalue weighted by Crippen LogP contribution is 2.29. The number of amides is 1. The number of rotatable bonds is 11. The molecule has 1 aromatic heterocycles. The van der Waals surface area contributed by atoms with Gasteiger partial charge in [-0.3, -0.25) is 10.1 Å². The number of carbonyl (C=O) groups is 1. The van der Waals surface area contributed by atoms with E-state index in [-0.39, 0.29) is 5.91 Å². The van der Waals surface area contributed by atoms with Crippen LogP contribution >= 0.6 is 11.3 Å². The molecule has 0 saturated carbocycles. The van der Waals surface area contributed by atoms with E-state index in [2.05, 4.69) is 17.2 Å². The lowest BCUT2D eigenvalue weighted by molar-refractivity contribution is -0.111. The number of methoxy groups -OCH3 is 1. The molecule has 0 atom stereocenters. The van der Waals surface area contributed by atoms with Crippen LogP contribution in [-0.2, 0) is 4.79 Å². The van der Waals surface area contributed by atoms with Gasteiger partial charge in [-0.25, -0.2) is 4.98 Å². The second-order valence-electron chi connectivity index (χ2n) is 7.05. The molecule has 5 nitrogen and oxygen atoms in total. The largest absolute Gasteiger partial charge is 0.493 e. The Hall–Kier alpha value is -3.12. The average Bonchev–Trinajstić information content (AvgIpc) is 3.27. The molecule has 0 unspecified atom stereocenters. The Morgan fingerprint density at radius 2 is 1.94 bits per heavy atom. The second-order valence-corrected chi connectivity index (χ2v) is 7.90. The molecule has 6 heteroatoms. The van der Waals surface area contributed by atoms with Crippen molar-refractivity contribution in [3.8, 4) is 22.8 Å². The van der Waals surface area contributed by atoms with Crippen LogP contribution in [-0.4, -0.2) is 24.6 Å². The molecule has 162 valence electrons. The number of hydrogen-bond donors (Lipinski definition) is 1. The summed E-state index contributed by atoms with van der Waals surface area (Å²) in [5, 5.41) is 5.31. The molecule has 0 aliphatic rings. The molecule has 2 aromatic carbocycles. The van der Waals surface area contributed by atoms with Gasteiger partial charge in [-0.2, -0.15) is 0 Å². The van der Waals surface area contributed by atoms with E-state index in [1.54, 1.807) is 13.2 Å². The Bertz CT molecular complexity index is 999. The van der Waals surface area contributed by atoms with Crippen molar-refractivity contribution in [1.82, 2.24) is 4.98 Å². The molecule has 31 heavy (non-hydrogen) atoms. The topological polar surface area (TPSA) is 60.5 Å². The van der Waals surface area contributed by atoms with E-state index in [4.69, 9.17) is 9.47 Å². The maximum absolute atomic E-state index is 12.3. The molecule has 0 aliphatic carbocycles. The number of carbonyl (C=O) groups excluding carboxylic acids is 1. The Morgan fingerprint density at radius 1 is 1.10 bits per heavy atom. The standard InChI is InChI=1S/C25H28N2O3S/c1-3-4-5-9-16-30-22-14-12-19(17-23(22)29-2)13-15-24(28)27-25-26-21(18-31-25)20-10-7-6-8-11-20/h6-8,10-15,17-18H,3-5,9,16H2,1-2H3,(H,26,27,28). The van der Waals surface area contributed by atoms with E-state index in [0.29, 0.717) is 17.5 Å². The van der Waals surface area contributed by atoms with Crippen LogP contribution in [0.25, 0.3) is 17.3 Å². The van der Waals surface area contributed by atoms with Crippen molar-refractivity contribution in [2.24, 2.45) is 0 Å². The first-order valence-corrected chi connectivity index (χ1v) is 11.4. The minimum Gasteiger partial charge on any atom is -0.493 e. The van der Waals surface area contributed by atoms with E-state index >= 15 is 0 Å². The summed E-state index contributed by atoms with van der Waals surface area (Å²) in [6.07, 6.45) is 7.86. The predicted octanol–water partition coefficient (Wildman–Crippen LogP) is 6.43. The van der Waals surface area contributed by atoms with Crippen LogP contribution in [0.2, 0.25) is 0 Å². The van der Waals surface area contributed by atoms with Crippen LogP contribution in [0.3, 0.4) is 0 Å². The highest BCUT2D eigenvalue weighted by molar-refractivity contribution is 7.14. The maximum atomic E-state index is 12.3. The number of nitrogens with one attached hydrogen (secondary N) is 1. The van der Waals surface area contributed by atoms with Crippen LogP contribution in [0.15, 0.2) is 60.0 Å². The molecule has 1 N–H and O–H groups in total. The number of hydrogen-bond acceptors (Lipinski definition) is 5.